The third-order valence-electron chi connectivity index (χ3n) is 11.7. The van der Waals surface area contributed by atoms with Gasteiger partial charge in [0.05, 0.1) is 37.0 Å². The van der Waals surface area contributed by atoms with Gasteiger partial charge in [0.2, 0.25) is 0 Å². The van der Waals surface area contributed by atoms with Crippen LogP contribution in [0.2, 0.25) is 0 Å². The molecule has 4 aliphatic heterocycles. The zero-order valence-corrected chi connectivity index (χ0v) is 34.1. The lowest BCUT2D eigenvalue weighted by Crippen LogP contribution is -2.30. The SMILES string of the molecule is COc1ccc(/C2=C3\C=CC(=N3)C(C)(C)C3=C4CCCC4=C(C(C)(C)C4=N/C(=C(/c5ccc(OC)cc5)c5ccc2s5)C=C4)P3(=S)c2ccccc2)cc1. The maximum Gasteiger partial charge on any atom is 0.118 e. The Labute approximate surface area is 327 Å². The number of aliphatic imine (C=N–C) groups is 2. The predicted molar refractivity (Wildman–Crippen MR) is 231 cm³/mol. The number of nitrogens with zero attached hydrogens (tertiary/aromatic N) is 2. The average molecular weight is 763 g/mol. The molecule has 0 spiro atoms. The molecule has 0 radical (unpaired) electrons. The van der Waals surface area contributed by atoms with Gasteiger partial charge in [0.1, 0.15) is 11.5 Å². The Balaban J connectivity index is 1.37. The van der Waals surface area contributed by atoms with Gasteiger partial charge in [-0.2, -0.15) is 0 Å². The average Bonchev–Trinajstić information content (AvgIpc) is 4.03. The molecular weight excluding hydrogens is 720 g/mol. The number of rotatable bonds is 5. The molecule has 1 saturated carbocycles. The normalized spacial score (nSPS) is 24.9. The van der Waals surface area contributed by atoms with E-state index in [1.165, 1.54) is 27.1 Å². The minimum atomic E-state index is -2.52. The van der Waals surface area contributed by atoms with Crippen LogP contribution in [0, 0.1) is 10.8 Å². The molecule has 0 amide bonds. The summed E-state index contributed by atoms with van der Waals surface area (Å²) in [6.07, 6.45) is 12.2. The number of allylic oxidation sites excluding steroid dienone is 8. The quantitative estimate of drug-likeness (QED) is 0.190. The van der Waals surface area contributed by atoms with Crippen LogP contribution in [-0.4, -0.2) is 25.6 Å². The monoisotopic (exact) mass is 762 g/mol. The Morgan fingerprint density at radius 1 is 0.593 bits per heavy atom. The van der Waals surface area contributed by atoms with Crippen molar-refractivity contribution in [2.75, 3.05) is 14.2 Å². The molecule has 270 valence electrons. The number of thiophene rings is 1. The lowest BCUT2D eigenvalue weighted by atomic mass is 9.81. The zero-order valence-electron chi connectivity index (χ0n) is 31.6. The summed E-state index contributed by atoms with van der Waals surface area (Å²) in [6.45, 7) is 9.47. The van der Waals surface area contributed by atoms with Gasteiger partial charge in [-0.05, 0) is 118 Å². The molecular formula is C47H43N2O2PS2. The smallest absolute Gasteiger partial charge is 0.118 e. The van der Waals surface area contributed by atoms with E-state index >= 15 is 0 Å². The summed E-state index contributed by atoms with van der Waals surface area (Å²) >= 11 is 9.09. The first-order valence-electron chi connectivity index (χ1n) is 18.6. The van der Waals surface area contributed by atoms with E-state index in [-0.39, 0.29) is 0 Å². The molecule has 1 aliphatic carbocycles. The summed E-state index contributed by atoms with van der Waals surface area (Å²) in [5.74, 6) is 1.65. The van der Waals surface area contributed by atoms with Gasteiger partial charge in [-0.1, -0.05) is 94.1 Å². The molecule has 54 heavy (non-hydrogen) atoms. The van der Waals surface area contributed by atoms with Crippen molar-refractivity contribution < 1.29 is 9.47 Å². The number of hydrogen-bond acceptors (Lipinski definition) is 6. The third-order valence-corrected chi connectivity index (χ3v) is 18.4. The second kappa shape index (κ2) is 13.0. The molecule has 0 atom stereocenters. The van der Waals surface area contributed by atoms with Crippen molar-refractivity contribution in [3.63, 3.8) is 0 Å². The molecule has 0 N–H and O–H groups in total. The van der Waals surface area contributed by atoms with Gasteiger partial charge >= 0.3 is 0 Å². The molecule has 7 heteroatoms. The fourth-order valence-electron chi connectivity index (χ4n) is 9.09. The van der Waals surface area contributed by atoms with Crippen LogP contribution in [0.25, 0.3) is 11.1 Å². The van der Waals surface area contributed by atoms with E-state index in [1.54, 1.807) is 25.6 Å². The zero-order chi connectivity index (χ0) is 37.4. The number of methoxy groups -OCH3 is 2. The Morgan fingerprint density at radius 3 is 1.46 bits per heavy atom. The molecule has 8 bridgehead atoms. The maximum absolute atomic E-state index is 7.31. The molecule has 1 fully saturated rings. The Morgan fingerprint density at radius 2 is 1.04 bits per heavy atom. The van der Waals surface area contributed by atoms with Gasteiger partial charge in [0, 0.05) is 37.8 Å². The topological polar surface area (TPSA) is 43.2 Å². The van der Waals surface area contributed by atoms with Crippen LogP contribution in [0.1, 0.15) is 67.8 Å². The van der Waals surface area contributed by atoms with Crippen LogP contribution in [-0.2, 0) is 11.8 Å². The molecule has 9 rings (SSSR count). The van der Waals surface area contributed by atoms with E-state index in [0.29, 0.717) is 0 Å². The molecule has 4 nitrogen and oxygen atoms in total. The molecule has 3 aromatic carbocycles. The van der Waals surface area contributed by atoms with Crippen molar-refractivity contribution in [3.05, 3.63) is 169 Å². The Kier molecular flexibility index (Phi) is 8.46. The molecule has 0 unspecified atom stereocenters. The third kappa shape index (κ3) is 5.33. The van der Waals surface area contributed by atoms with Crippen molar-refractivity contribution in [1.29, 1.82) is 0 Å². The summed E-state index contributed by atoms with van der Waals surface area (Å²) in [7, 11) is 3.42. The van der Waals surface area contributed by atoms with E-state index in [4.69, 9.17) is 31.3 Å². The number of hydrogen-bond donors (Lipinski definition) is 0. The first-order chi connectivity index (χ1) is 26.0. The van der Waals surface area contributed by atoms with Crippen molar-refractivity contribution in [2.45, 2.75) is 47.0 Å². The molecule has 0 saturated heterocycles. The summed E-state index contributed by atoms with van der Waals surface area (Å²) in [5.41, 5.74) is 10.6. The van der Waals surface area contributed by atoms with Gasteiger partial charge in [0.25, 0.3) is 0 Å². The highest BCUT2D eigenvalue weighted by atomic mass is 32.4. The summed E-state index contributed by atoms with van der Waals surface area (Å²) in [5, 5.41) is 4.07. The van der Waals surface area contributed by atoms with Crippen molar-refractivity contribution in [3.8, 4) is 11.5 Å². The van der Waals surface area contributed by atoms with E-state index < -0.39 is 16.9 Å². The summed E-state index contributed by atoms with van der Waals surface area (Å²) < 4.78 is 11.1. The highest BCUT2D eigenvalue weighted by Gasteiger charge is 2.53. The fourth-order valence-corrected chi connectivity index (χ4v) is 17.0. The lowest BCUT2D eigenvalue weighted by molar-refractivity contribution is 0.414. The number of ether oxygens (including phenoxy) is 2. The van der Waals surface area contributed by atoms with E-state index in [1.807, 2.05) is 24.3 Å². The van der Waals surface area contributed by atoms with Crippen molar-refractivity contribution in [1.82, 2.24) is 0 Å². The molecule has 5 aliphatic rings. The van der Waals surface area contributed by atoms with E-state index in [0.717, 1.165) is 85.6 Å². The minimum Gasteiger partial charge on any atom is -0.497 e. The summed E-state index contributed by atoms with van der Waals surface area (Å²) in [4.78, 5) is 13.5. The molecule has 5 heterocycles. The highest BCUT2D eigenvalue weighted by Crippen LogP contribution is 2.77. The van der Waals surface area contributed by atoms with Crippen LogP contribution in [0.3, 0.4) is 0 Å². The van der Waals surface area contributed by atoms with E-state index in [9.17, 15) is 0 Å². The van der Waals surface area contributed by atoms with Gasteiger partial charge in [-0.3, -0.25) is 9.98 Å². The van der Waals surface area contributed by atoms with Crippen LogP contribution < -0.4 is 14.8 Å². The van der Waals surface area contributed by atoms with Crippen LogP contribution in [0.4, 0.5) is 0 Å². The Bertz CT molecular complexity index is 2380. The fraction of sp³-hybridized carbons (Fsp3) is 0.234. The first kappa shape index (κ1) is 35.1. The van der Waals surface area contributed by atoms with Gasteiger partial charge < -0.3 is 9.47 Å². The van der Waals surface area contributed by atoms with Gasteiger partial charge in [0.15, 0.2) is 0 Å². The van der Waals surface area contributed by atoms with Crippen molar-refractivity contribution >= 4 is 57.1 Å². The molecule has 4 aromatic rings. The first-order valence-corrected chi connectivity index (χ1v) is 22.2. The van der Waals surface area contributed by atoms with Crippen LogP contribution in [0.5, 0.6) is 11.5 Å². The predicted octanol–water partition coefficient (Wildman–Crippen LogP) is 11.9. The standard InChI is InChI=1S/C47H43N2O2PS2/c1-46(2)40-27-23-36(48-40)42(29-15-19-31(50-5)20-16-29)38-25-26-39(54-38)43(30-17-21-32(51-6)22-18-30)37-24-28-41(49-37)47(3,4)45-35-14-10-13-34(35)44(46)52(45,53)33-11-8-7-9-12-33/h7-9,11-12,15-28H,10,13-14H2,1-6H3/b42-36-,43-37-. The highest BCUT2D eigenvalue weighted by molar-refractivity contribution is 8.22. The largest absolute Gasteiger partial charge is 0.497 e. The van der Waals surface area contributed by atoms with Crippen LogP contribution >= 0.6 is 17.4 Å². The van der Waals surface area contributed by atoms with Crippen molar-refractivity contribution in [2.24, 2.45) is 20.8 Å². The maximum atomic E-state index is 7.31. The lowest BCUT2D eigenvalue weighted by Gasteiger charge is -2.40. The molecule has 1 aromatic heterocycles. The van der Waals surface area contributed by atoms with Gasteiger partial charge in [-0.25, -0.2) is 0 Å². The number of benzene rings is 3. The second-order valence-electron chi connectivity index (χ2n) is 15.5. The minimum absolute atomic E-state index is 0.408. The van der Waals surface area contributed by atoms with Gasteiger partial charge in [-0.15, -0.1) is 11.3 Å². The Hall–Kier alpha value is -4.61. The van der Waals surface area contributed by atoms with E-state index in [2.05, 4.69) is 119 Å². The summed E-state index contributed by atoms with van der Waals surface area (Å²) in [6, 6.07) is 29.7. The number of fused-ring (bicyclic) bond motifs is 7. The van der Waals surface area contributed by atoms with Crippen LogP contribution in [0.15, 0.2) is 158 Å². The second-order valence-corrected chi connectivity index (χ2v) is 20.9.